The lowest BCUT2D eigenvalue weighted by Gasteiger charge is -2.10. The molecular weight excluding hydrogens is 395 g/mol. The first-order chi connectivity index (χ1) is 15.0. The van der Waals surface area contributed by atoms with Crippen molar-refractivity contribution in [2.24, 2.45) is 5.10 Å². The summed E-state index contributed by atoms with van der Waals surface area (Å²) in [6.07, 6.45) is 0. The van der Waals surface area contributed by atoms with Crippen molar-refractivity contribution in [1.82, 2.24) is 15.2 Å². The van der Waals surface area contributed by atoms with Gasteiger partial charge in [-0.15, -0.1) is 0 Å². The lowest BCUT2D eigenvalue weighted by atomic mass is 10.1. The number of nitrogens with zero attached hydrogens (tertiary/aromatic N) is 3. The molecule has 0 bridgehead atoms. The molecule has 0 aliphatic carbocycles. The molecule has 4 rings (SSSR count). The molecule has 3 aromatic carbocycles. The molecule has 154 valence electrons. The summed E-state index contributed by atoms with van der Waals surface area (Å²) in [7, 11) is 0. The van der Waals surface area contributed by atoms with Crippen LogP contribution in [-0.2, 0) is 6.54 Å². The van der Waals surface area contributed by atoms with Gasteiger partial charge in [0, 0.05) is 10.9 Å². The number of carbonyl (C=O) groups excluding carboxylic acids is 1. The summed E-state index contributed by atoms with van der Waals surface area (Å²) in [5.74, 6) is -1.02. The molecule has 0 aliphatic heterocycles. The monoisotopic (exact) mass is 414 g/mol. The molecule has 1 N–H and O–H groups in total. The number of aromatic nitrogens is 2. The molecule has 0 spiro atoms. The van der Waals surface area contributed by atoms with E-state index in [9.17, 15) is 14.0 Å². The van der Waals surface area contributed by atoms with E-state index in [1.807, 2.05) is 30.3 Å². The third kappa shape index (κ3) is 4.25. The maximum atomic E-state index is 14.0. The fourth-order valence-corrected chi connectivity index (χ4v) is 3.27. The Bertz CT molecular complexity index is 1350. The minimum atomic E-state index is -0.589. The Morgan fingerprint density at radius 3 is 2.35 bits per heavy atom. The Labute approximate surface area is 177 Å². The largest absolute Gasteiger partial charge is 0.292 e. The van der Waals surface area contributed by atoms with Crippen LogP contribution in [0.2, 0.25) is 0 Å². The highest BCUT2D eigenvalue weighted by molar-refractivity contribution is 6.06. The minimum absolute atomic E-state index is 0.0659. The van der Waals surface area contributed by atoms with Crippen molar-refractivity contribution in [2.75, 3.05) is 0 Å². The van der Waals surface area contributed by atoms with Crippen LogP contribution >= 0.6 is 0 Å². The number of hydrazone groups is 1. The predicted molar refractivity (Wildman–Crippen MR) is 118 cm³/mol. The van der Waals surface area contributed by atoms with Gasteiger partial charge in [-0.2, -0.15) is 10.2 Å². The molecule has 1 amide bonds. The van der Waals surface area contributed by atoms with Crippen LogP contribution in [0.25, 0.3) is 10.8 Å². The van der Waals surface area contributed by atoms with Crippen molar-refractivity contribution in [1.29, 1.82) is 0 Å². The number of nitrogens with one attached hydrogen (secondary N) is 1. The smallest absolute Gasteiger partial charge is 0.267 e. The molecule has 6 nitrogen and oxygen atoms in total. The van der Waals surface area contributed by atoms with Crippen molar-refractivity contribution in [3.8, 4) is 0 Å². The van der Waals surface area contributed by atoms with Crippen LogP contribution in [0.3, 0.4) is 0 Å². The molecule has 1 aromatic heterocycles. The zero-order valence-corrected chi connectivity index (χ0v) is 16.7. The predicted octanol–water partition coefficient (Wildman–Crippen LogP) is 3.74. The lowest BCUT2D eigenvalue weighted by Crippen LogP contribution is -2.29. The summed E-state index contributed by atoms with van der Waals surface area (Å²) >= 11 is 0. The molecule has 7 heteroatoms. The highest BCUT2D eigenvalue weighted by Crippen LogP contribution is 2.14. The first-order valence-corrected chi connectivity index (χ1v) is 9.68. The molecule has 0 saturated carbocycles. The van der Waals surface area contributed by atoms with Crippen LogP contribution in [0.5, 0.6) is 0 Å². The molecule has 0 fully saturated rings. The summed E-state index contributed by atoms with van der Waals surface area (Å²) in [5.41, 5.74) is 3.69. The zero-order chi connectivity index (χ0) is 21.8. The summed E-state index contributed by atoms with van der Waals surface area (Å²) < 4.78 is 15.2. The number of carbonyl (C=O) groups is 1. The van der Waals surface area contributed by atoms with E-state index in [0.29, 0.717) is 16.5 Å². The molecule has 31 heavy (non-hydrogen) atoms. The van der Waals surface area contributed by atoms with Gasteiger partial charge in [0.2, 0.25) is 0 Å². The quantitative estimate of drug-likeness (QED) is 0.399. The number of halogens is 1. The minimum Gasteiger partial charge on any atom is -0.267 e. The van der Waals surface area contributed by atoms with E-state index >= 15 is 0 Å². The third-order valence-corrected chi connectivity index (χ3v) is 4.85. The van der Waals surface area contributed by atoms with Gasteiger partial charge in [-0.25, -0.2) is 14.5 Å². The highest BCUT2D eigenvalue weighted by atomic mass is 19.1. The number of benzene rings is 3. The highest BCUT2D eigenvalue weighted by Gasteiger charge is 2.17. The van der Waals surface area contributed by atoms with Gasteiger partial charge in [0.05, 0.1) is 17.6 Å². The van der Waals surface area contributed by atoms with Crippen molar-refractivity contribution in [2.45, 2.75) is 13.5 Å². The van der Waals surface area contributed by atoms with Crippen LogP contribution in [0, 0.1) is 5.82 Å². The van der Waals surface area contributed by atoms with E-state index in [0.717, 1.165) is 5.56 Å². The van der Waals surface area contributed by atoms with Crippen LogP contribution < -0.4 is 11.0 Å². The molecule has 0 saturated heterocycles. The second-order valence-corrected chi connectivity index (χ2v) is 6.96. The molecule has 0 unspecified atom stereocenters. The SMILES string of the molecule is C/C(=N\NC(=O)c1nn(Cc2ccccc2)c(=O)c2ccccc12)c1ccccc1F. The van der Waals surface area contributed by atoms with E-state index in [-0.39, 0.29) is 23.4 Å². The fraction of sp³-hybridized carbons (Fsp3) is 0.0833. The van der Waals surface area contributed by atoms with E-state index in [2.05, 4.69) is 15.6 Å². The average Bonchev–Trinajstić information content (AvgIpc) is 2.80. The van der Waals surface area contributed by atoms with Gasteiger partial charge in [-0.1, -0.05) is 66.7 Å². The summed E-state index contributed by atoms with van der Waals surface area (Å²) in [4.78, 5) is 25.8. The first kappa shape index (κ1) is 20.2. The van der Waals surface area contributed by atoms with Gasteiger partial charge < -0.3 is 0 Å². The van der Waals surface area contributed by atoms with Gasteiger partial charge in [-0.3, -0.25) is 9.59 Å². The summed E-state index contributed by atoms with van der Waals surface area (Å²) in [5, 5.41) is 9.14. The van der Waals surface area contributed by atoms with Crippen LogP contribution in [0.15, 0.2) is 88.8 Å². The van der Waals surface area contributed by atoms with E-state index in [1.54, 1.807) is 49.4 Å². The van der Waals surface area contributed by atoms with Crippen LogP contribution in [-0.4, -0.2) is 21.4 Å². The maximum absolute atomic E-state index is 14.0. The second-order valence-electron chi connectivity index (χ2n) is 6.96. The van der Waals surface area contributed by atoms with Gasteiger partial charge in [0.1, 0.15) is 5.82 Å². The topological polar surface area (TPSA) is 76.3 Å². The third-order valence-electron chi connectivity index (χ3n) is 4.85. The van der Waals surface area contributed by atoms with E-state index < -0.39 is 11.7 Å². The zero-order valence-electron chi connectivity index (χ0n) is 16.7. The van der Waals surface area contributed by atoms with Gasteiger partial charge >= 0.3 is 0 Å². The van der Waals surface area contributed by atoms with Gasteiger partial charge in [-0.05, 0) is 24.6 Å². The Hall–Kier alpha value is -4.13. The Balaban J connectivity index is 1.71. The van der Waals surface area contributed by atoms with Crippen LogP contribution in [0.1, 0.15) is 28.5 Å². The number of hydrogen-bond acceptors (Lipinski definition) is 4. The standard InChI is InChI=1S/C24H19FN4O2/c1-16(18-11-7-8-14-21(18)25)26-27-23(30)22-19-12-5-6-13-20(19)24(31)29(28-22)15-17-9-3-2-4-10-17/h2-14H,15H2,1H3,(H,27,30)/b26-16+. The number of fused-ring (bicyclic) bond motifs is 1. The van der Waals surface area contributed by atoms with E-state index in [4.69, 9.17) is 0 Å². The summed E-state index contributed by atoms with van der Waals surface area (Å²) in [6, 6.07) is 22.3. The summed E-state index contributed by atoms with van der Waals surface area (Å²) in [6.45, 7) is 1.82. The first-order valence-electron chi connectivity index (χ1n) is 9.68. The fourth-order valence-electron chi connectivity index (χ4n) is 3.27. The van der Waals surface area contributed by atoms with Crippen molar-refractivity contribution >= 4 is 22.4 Å². The van der Waals surface area contributed by atoms with Crippen molar-refractivity contribution in [3.63, 3.8) is 0 Å². The molecular formula is C24H19FN4O2. The molecule has 0 radical (unpaired) electrons. The molecule has 0 aliphatic rings. The number of rotatable bonds is 5. The Morgan fingerprint density at radius 1 is 0.968 bits per heavy atom. The van der Waals surface area contributed by atoms with Crippen LogP contribution in [0.4, 0.5) is 4.39 Å². The Morgan fingerprint density at radius 2 is 1.61 bits per heavy atom. The van der Waals surface area contributed by atoms with Crippen molar-refractivity contribution < 1.29 is 9.18 Å². The molecule has 1 heterocycles. The lowest BCUT2D eigenvalue weighted by molar-refractivity contribution is 0.0949. The maximum Gasteiger partial charge on any atom is 0.292 e. The normalized spacial score (nSPS) is 11.5. The van der Waals surface area contributed by atoms with Crippen molar-refractivity contribution in [3.05, 3.63) is 112 Å². The average molecular weight is 414 g/mol. The number of amides is 1. The Kier molecular flexibility index (Phi) is 5.66. The molecule has 4 aromatic rings. The van der Waals surface area contributed by atoms with Gasteiger partial charge in [0.25, 0.3) is 11.5 Å². The second kappa shape index (κ2) is 8.71. The molecule has 0 atom stereocenters. The van der Waals surface area contributed by atoms with E-state index in [1.165, 1.54) is 10.7 Å². The van der Waals surface area contributed by atoms with Gasteiger partial charge in [0.15, 0.2) is 5.69 Å². The number of hydrogen-bond donors (Lipinski definition) is 1.